The Bertz CT molecular complexity index is 606. The molecular formula is C12H13N5O2. The molecule has 2 aromatic rings. The lowest BCUT2D eigenvalue weighted by Gasteiger charge is -2.06. The molecule has 1 aromatic heterocycles. The summed E-state index contributed by atoms with van der Waals surface area (Å²) in [6, 6.07) is 6.78. The number of aromatic nitrogens is 2. The maximum atomic E-state index is 10.5. The first-order valence-corrected chi connectivity index (χ1v) is 5.47. The lowest BCUT2D eigenvalue weighted by atomic mass is 10.1. The second-order valence-electron chi connectivity index (χ2n) is 3.63. The Morgan fingerprint density at radius 3 is 3.05 bits per heavy atom. The average Bonchev–Trinajstić information content (AvgIpc) is 2.86. The van der Waals surface area contributed by atoms with E-state index in [4.69, 9.17) is 10.5 Å². The van der Waals surface area contributed by atoms with Crippen LogP contribution in [-0.2, 0) is 0 Å². The zero-order chi connectivity index (χ0) is 13.7. The zero-order valence-electron chi connectivity index (χ0n) is 10.3. The highest BCUT2D eigenvalue weighted by Gasteiger charge is 2.10. The van der Waals surface area contributed by atoms with Crippen LogP contribution in [0.2, 0.25) is 0 Å². The summed E-state index contributed by atoms with van der Waals surface area (Å²) < 4.78 is 5.28. The van der Waals surface area contributed by atoms with E-state index in [0.717, 1.165) is 11.3 Å². The van der Waals surface area contributed by atoms with Crippen LogP contribution in [-0.4, -0.2) is 29.6 Å². The molecule has 7 nitrogen and oxygen atoms in total. The number of amides is 2. The molecule has 4 N–H and O–H groups in total. The predicted octanol–water partition coefficient (Wildman–Crippen LogP) is 1.09. The van der Waals surface area contributed by atoms with Crippen LogP contribution in [0, 0.1) is 0 Å². The molecule has 0 saturated heterocycles. The molecule has 98 valence electrons. The summed E-state index contributed by atoms with van der Waals surface area (Å²) in [6.45, 7) is 0. The fourth-order valence-electron chi connectivity index (χ4n) is 1.63. The number of ether oxygens (including phenoxy) is 1. The number of primary amides is 1. The number of para-hydroxylation sites is 1. The van der Waals surface area contributed by atoms with Gasteiger partial charge in [-0.15, -0.1) is 0 Å². The van der Waals surface area contributed by atoms with Crippen molar-refractivity contribution < 1.29 is 9.53 Å². The quantitative estimate of drug-likeness (QED) is 0.565. The van der Waals surface area contributed by atoms with Crippen molar-refractivity contribution in [2.24, 2.45) is 10.8 Å². The van der Waals surface area contributed by atoms with E-state index in [1.54, 1.807) is 13.3 Å². The Balaban J connectivity index is 2.33. The van der Waals surface area contributed by atoms with Gasteiger partial charge in [0.25, 0.3) is 0 Å². The van der Waals surface area contributed by atoms with E-state index < -0.39 is 6.03 Å². The summed E-state index contributed by atoms with van der Waals surface area (Å²) in [7, 11) is 1.59. The molecule has 1 aromatic carbocycles. The molecule has 0 atom stereocenters. The molecule has 19 heavy (non-hydrogen) atoms. The summed E-state index contributed by atoms with van der Waals surface area (Å²) in [5, 5.41) is 10.5. The molecule has 1 heterocycles. The molecular weight excluding hydrogens is 246 g/mol. The van der Waals surface area contributed by atoms with Crippen LogP contribution in [0.4, 0.5) is 4.79 Å². The van der Waals surface area contributed by atoms with Crippen LogP contribution in [0.25, 0.3) is 11.3 Å². The lowest BCUT2D eigenvalue weighted by molar-refractivity contribution is 0.249. The largest absolute Gasteiger partial charge is 0.496 e. The highest BCUT2D eigenvalue weighted by Crippen LogP contribution is 2.29. The number of hydrazone groups is 1. The topological polar surface area (TPSA) is 105 Å². The van der Waals surface area contributed by atoms with Gasteiger partial charge in [0.2, 0.25) is 0 Å². The number of H-pyrrole nitrogens is 1. The Labute approximate surface area is 109 Å². The molecule has 0 spiro atoms. The van der Waals surface area contributed by atoms with Gasteiger partial charge in [-0.1, -0.05) is 12.1 Å². The third kappa shape index (κ3) is 2.89. The van der Waals surface area contributed by atoms with Crippen LogP contribution >= 0.6 is 0 Å². The van der Waals surface area contributed by atoms with Gasteiger partial charge >= 0.3 is 6.03 Å². The third-order valence-corrected chi connectivity index (χ3v) is 2.42. The minimum Gasteiger partial charge on any atom is -0.496 e. The second kappa shape index (κ2) is 5.67. The Morgan fingerprint density at radius 1 is 1.53 bits per heavy atom. The number of aromatic amines is 1. The van der Waals surface area contributed by atoms with Crippen molar-refractivity contribution in [3.05, 3.63) is 36.0 Å². The van der Waals surface area contributed by atoms with E-state index in [1.165, 1.54) is 6.21 Å². The molecule has 2 amide bonds. The van der Waals surface area contributed by atoms with Crippen molar-refractivity contribution in [1.82, 2.24) is 15.6 Å². The molecule has 0 bridgehead atoms. The second-order valence-corrected chi connectivity index (χ2v) is 3.63. The van der Waals surface area contributed by atoms with E-state index >= 15 is 0 Å². The maximum absolute atomic E-state index is 10.5. The fraction of sp³-hybridized carbons (Fsp3) is 0.0833. The standard InChI is InChI=1S/C12H13N5O2/c1-19-10-5-3-2-4-9(10)11-8(6-14-16-11)7-15-17-12(13)18/h2-7H,1H3,(H,14,16)(H3,13,17,18)/b15-7-. The monoisotopic (exact) mass is 259 g/mol. The van der Waals surface area contributed by atoms with Crippen molar-refractivity contribution in [3.63, 3.8) is 0 Å². The number of hydrogen-bond acceptors (Lipinski definition) is 4. The summed E-state index contributed by atoms with van der Waals surface area (Å²) >= 11 is 0. The minimum atomic E-state index is -0.724. The van der Waals surface area contributed by atoms with E-state index in [1.807, 2.05) is 24.3 Å². The van der Waals surface area contributed by atoms with Crippen molar-refractivity contribution in [3.8, 4) is 17.0 Å². The van der Waals surface area contributed by atoms with Gasteiger partial charge in [0.1, 0.15) is 5.75 Å². The lowest BCUT2D eigenvalue weighted by Crippen LogP contribution is -2.24. The van der Waals surface area contributed by atoms with Gasteiger partial charge in [-0.05, 0) is 12.1 Å². The number of carbonyl (C=O) groups is 1. The fourth-order valence-corrected chi connectivity index (χ4v) is 1.63. The van der Waals surface area contributed by atoms with Gasteiger partial charge in [0.15, 0.2) is 0 Å². The van der Waals surface area contributed by atoms with Gasteiger partial charge < -0.3 is 10.5 Å². The van der Waals surface area contributed by atoms with Gasteiger partial charge in [0, 0.05) is 11.1 Å². The third-order valence-electron chi connectivity index (χ3n) is 2.42. The number of hydrogen-bond donors (Lipinski definition) is 3. The molecule has 0 fully saturated rings. The van der Waals surface area contributed by atoms with E-state index in [-0.39, 0.29) is 0 Å². The summed E-state index contributed by atoms with van der Waals surface area (Å²) in [5.41, 5.74) is 9.35. The van der Waals surface area contributed by atoms with Crippen LogP contribution in [0.5, 0.6) is 5.75 Å². The van der Waals surface area contributed by atoms with Crippen molar-refractivity contribution in [1.29, 1.82) is 0 Å². The molecule has 0 saturated carbocycles. The normalized spacial score (nSPS) is 10.6. The number of rotatable bonds is 4. The summed E-state index contributed by atoms with van der Waals surface area (Å²) in [4.78, 5) is 10.5. The number of nitrogens with two attached hydrogens (primary N) is 1. The number of benzene rings is 1. The van der Waals surface area contributed by atoms with Crippen molar-refractivity contribution >= 4 is 12.2 Å². The van der Waals surface area contributed by atoms with Crippen molar-refractivity contribution in [2.75, 3.05) is 7.11 Å². The Hall–Kier alpha value is -2.83. The van der Waals surface area contributed by atoms with Gasteiger partial charge in [0.05, 0.1) is 25.2 Å². The number of urea groups is 1. The highest BCUT2D eigenvalue weighted by molar-refractivity contribution is 5.90. The molecule has 2 rings (SSSR count). The van der Waals surface area contributed by atoms with Crippen LogP contribution in [0.15, 0.2) is 35.6 Å². The number of carbonyl (C=O) groups excluding carboxylic acids is 1. The molecule has 0 unspecified atom stereocenters. The zero-order valence-corrected chi connectivity index (χ0v) is 10.3. The predicted molar refractivity (Wildman–Crippen MR) is 70.9 cm³/mol. The molecule has 0 aliphatic rings. The van der Waals surface area contributed by atoms with E-state index in [0.29, 0.717) is 11.3 Å². The van der Waals surface area contributed by atoms with E-state index in [9.17, 15) is 4.79 Å². The van der Waals surface area contributed by atoms with Crippen LogP contribution < -0.4 is 15.9 Å². The smallest absolute Gasteiger partial charge is 0.332 e. The Kier molecular flexibility index (Phi) is 3.77. The molecule has 7 heteroatoms. The first-order chi connectivity index (χ1) is 9.22. The maximum Gasteiger partial charge on any atom is 0.332 e. The van der Waals surface area contributed by atoms with Crippen LogP contribution in [0.1, 0.15) is 5.56 Å². The number of nitrogens with zero attached hydrogens (tertiary/aromatic N) is 2. The average molecular weight is 259 g/mol. The highest BCUT2D eigenvalue weighted by atomic mass is 16.5. The van der Waals surface area contributed by atoms with Gasteiger partial charge in [-0.3, -0.25) is 5.10 Å². The molecule has 0 radical (unpaired) electrons. The summed E-state index contributed by atoms with van der Waals surface area (Å²) in [5.74, 6) is 0.712. The first-order valence-electron chi connectivity index (χ1n) is 5.47. The Morgan fingerprint density at radius 2 is 2.32 bits per heavy atom. The number of methoxy groups -OCH3 is 1. The minimum absolute atomic E-state index is 0.707. The van der Waals surface area contributed by atoms with Crippen LogP contribution in [0.3, 0.4) is 0 Å². The van der Waals surface area contributed by atoms with Gasteiger partial charge in [-0.2, -0.15) is 10.2 Å². The van der Waals surface area contributed by atoms with Gasteiger partial charge in [-0.25, -0.2) is 10.2 Å². The van der Waals surface area contributed by atoms with E-state index in [2.05, 4.69) is 20.7 Å². The summed E-state index contributed by atoms with van der Waals surface area (Å²) in [6.07, 6.45) is 3.05. The first kappa shape index (κ1) is 12.6. The van der Waals surface area contributed by atoms with Crippen molar-refractivity contribution in [2.45, 2.75) is 0 Å². The number of nitrogens with one attached hydrogen (secondary N) is 2. The SMILES string of the molecule is COc1ccccc1-c1[nH]ncc1/C=N\NC(N)=O. The molecule has 0 aliphatic carbocycles. The molecule has 0 aliphatic heterocycles.